The number of benzene rings is 1. The predicted molar refractivity (Wildman–Crippen MR) is 73.7 cm³/mol. The van der Waals surface area contributed by atoms with Crippen LogP contribution >= 0.6 is 0 Å². The molecule has 2 heterocycles. The number of carbonyl (C=O) groups is 2. The molecule has 7 nitrogen and oxygen atoms in total. The third-order valence-corrected chi connectivity index (χ3v) is 3.74. The highest BCUT2D eigenvalue weighted by molar-refractivity contribution is 5.87. The van der Waals surface area contributed by atoms with E-state index in [0.717, 1.165) is 12.0 Å². The number of carbonyl (C=O) groups excluding carboxylic acids is 2. The van der Waals surface area contributed by atoms with Crippen molar-refractivity contribution in [3.8, 4) is 11.5 Å². The lowest BCUT2D eigenvalue weighted by atomic mass is 10.1. The molecular weight excluding hydrogens is 274 g/mol. The first-order chi connectivity index (χ1) is 10.1. The minimum Gasteiger partial charge on any atom is -0.454 e. The normalized spacial score (nSPS) is 19.6. The number of primary amides is 1. The van der Waals surface area contributed by atoms with E-state index in [0.29, 0.717) is 31.0 Å². The summed E-state index contributed by atoms with van der Waals surface area (Å²) in [6, 6.07) is 4.51. The molecule has 1 aromatic rings. The smallest absolute Gasteiger partial charge is 0.315 e. The highest BCUT2D eigenvalue weighted by Gasteiger charge is 2.32. The summed E-state index contributed by atoms with van der Waals surface area (Å²) in [5.74, 6) is 1.21. The van der Waals surface area contributed by atoms with E-state index in [1.165, 1.54) is 4.90 Å². The van der Waals surface area contributed by atoms with Crippen molar-refractivity contribution in [2.75, 3.05) is 13.3 Å². The second kappa shape index (κ2) is 5.51. The maximum atomic E-state index is 12.2. The van der Waals surface area contributed by atoms with E-state index >= 15 is 0 Å². The molecule has 21 heavy (non-hydrogen) atoms. The lowest BCUT2D eigenvalue weighted by molar-refractivity contribution is -0.124. The third kappa shape index (κ3) is 2.72. The first-order valence-corrected chi connectivity index (χ1v) is 6.87. The first-order valence-electron chi connectivity index (χ1n) is 6.87. The minimum absolute atomic E-state index is 0.177. The summed E-state index contributed by atoms with van der Waals surface area (Å²) in [7, 11) is 0. The van der Waals surface area contributed by atoms with Crippen molar-refractivity contribution in [2.45, 2.75) is 25.4 Å². The lowest BCUT2D eigenvalue weighted by Gasteiger charge is -2.21. The van der Waals surface area contributed by atoms with Crippen molar-refractivity contribution < 1.29 is 19.1 Å². The second-order valence-corrected chi connectivity index (χ2v) is 5.10. The number of rotatable bonds is 3. The maximum absolute atomic E-state index is 12.2. The van der Waals surface area contributed by atoms with E-state index in [9.17, 15) is 9.59 Å². The molecule has 112 valence electrons. The van der Waals surface area contributed by atoms with Crippen LogP contribution in [0.25, 0.3) is 0 Å². The van der Waals surface area contributed by atoms with Gasteiger partial charge in [-0.15, -0.1) is 0 Å². The van der Waals surface area contributed by atoms with Crippen LogP contribution in [0.5, 0.6) is 11.5 Å². The van der Waals surface area contributed by atoms with Crippen molar-refractivity contribution >= 4 is 11.9 Å². The standard InChI is InChI=1S/C14H17N3O4/c15-14(19)17-5-1-2-10(17)13(18)16-7-9-3-4-11-12(6-9)21-8-20-11/h3-4,6,10H,1-2,5,7-8H2,(H2,15,19)(H,16,18)/t10-/m0/s1. The quantitative estimate of drug-likeness (QED) is 0.851. The fourth-order valence-electron chi connectivity index (χ4n) is 2.66. The van der Waals surface area contributed by atoms with Crippen molar-refractivity contribution in [3.63, 3.8) is 0 Å². The lowest BCUT2D eigenvalue weighted by Crippen LogP contribution is -2.47. The highest BCUT2D eigenvalue weighted by atomic mass is 16.7. The molecule has 0 radical (unpaired) electrons. The SMILES string of the molecule is NC(=O)N1CCC[C@H]1C(=O)NCc1ccc2c(c1)OCO2. The summed E-state index contributed by atoms with van der Waals surface area (Å²) in [5.41, 5.74) is 6.18. The zero-order valence-corrected chi connectivity index (χ0v) is 11.5. The molecule has 0 aromatic heterocycles. The predicted octanol–water partition coefficient (Wildman–Crippen LogP) is 0.575. The summed E-state index contributed by atoms with van der Waals surface area (Å²) in [6.45, 7) is 1.14. The minimum atomic E-state index is -0.546. The van der Waals surface area contributed by atoms with Crippen molar-refractivity contribution in [2.24, 2.45) is 5.73 Å². The molecule has 1 aromatic carbocycles. The van der Waals surface area contributed by atoms with Crippen LogP contribution in [-0.4, -0.2) is 36.2 Å². The average molecular weight is 291 g/mol. The molecule has 7 heteroatoms. The Morgan fingerprint density at radius 3 is 2.95 bits per heavy atom. The van der Waals surface area contributed by atoms with Gasteiger partial charge in [-0.1, -0.05) is 6.07 Å². The highest BCUT2D eigenvalue weighted by Crippen LogP contribution is 2.32. The van der Waals surface area contributed by atoms with Crippen LogP contribution in [0.3, 0.4) is 0 Å². The van der Waals surface area contributed by atoms with Gasteiger partial charge in [0.2, 0.25) is 12.7 Å². The molecule has 3 N–H and O–H groups in total. The Bertz CT molecular complexity index is 575. The molecule has 3 amide bonds. The number of ether oxygens (including phenoxy) is 2. The zero-order chi connectivity index (χ0) is 14.8. The topological polar surface area (TPSA) is 93.9 Å². The zero-order valence-electron chi connectivity index (χ0n) is 11.5. The Balaban J connectivity index is 1.60. The van der Waals surface area contributed by atoms with Crippen LogP contribution in [0.1, 0.15) is 18.4 Å². The summed E-state index contributed by atoms with van der Waals surface area (Å²) >= 11 is 0. The Kier molecular flexibility index (Phi) is 3.55. The van der Waals surface area contributed by atoms with Gasteiger partial charge in [-0.2, -0.15) is 0 Å². The summed E-state index contributed by atoms with van der Waals surface area (Å²) < 4.78 is 10.5. The van der Waals surface area contributed by atoms with Crippen molar-refractivity contribution in [1.29, 1.82) is 0 Å². The largest absolute Gasteiger partial charge is 0.454 e. The van der Waals surface area contributed by atoms with Gasteiger partial charge < -0.3 is 25.4 Å². The van der Waals surface area contributed by atoms with Gasteiger partial charge >= 0.3 is 6.03 Å². The Morgan fingerprint density at radius 2 is 2.14 bits per heavy atom. The van der Waals surface area contributed by atoms with Crippen molar-refractivity contribution in [3.05, 3.63) is 23.8 Å². The number of urea groups is 1. The summed E-state index contributed by atoms with van der Waals surface area (Å²) in [6.07, 6.45) is 1.45. The number of hydrogen-bond acceptors (Lipinski definition) is 4. The number of fused-ring (bicyclic) bond motifs is 1. The van der Waals surface area contributed by atoms with Crippen LogP contribution in [0.2, 0.25) is 0 Å². The second-order valence-electron chi connectivity index (χ2n) is 5.10. The number of hydrogen-bond donors (Lipinski definition) is 2. The molecule has 0 saturated carbocycles. The number of likely N-dealkylation sites (tertiary alicyclic amines) is 1. The molecule has 2 aliphatic heterocycles. The third-order valence-electron chi connectivity index (χ3n) is 3.74. The molecule has 0 aliphatic carbocycles. The van der Waals surface area contributed by atoms with E-state index in [-0.39, 0.29) is 12.7 Å². The van der Waals surface area contributed by atoms with Gasteiger partial charge in [0.15, 0.2) is 11.5 Å². The van der Waals surface area contributed by atoms with Gasteiger partial charge in [-0.25, -0.2) is 4.79 Å². The van der Waals surface area contributed by atoms with Gasteiger partial charge in [0.25, 0.3) is 0 Å². The molecule has 0 unspecified atom stereocenters. The van der Waals surface area contributed by atoms with E-state index < -0.39 is 12.1 Å². The van der Waals surface area contributed by atoms with Crippen LogP contribution in [-0.2, 0) is 11.3 Å². The molecule has 3 rings (SSSR count). The molecule has 1 fully saturated rings. The molecule has 1 saturated heterocycles. The summed E-state index contributed by atoms with van der Waals surface area (Å²) in [5, 5.41) is 2.83. The Hall–Kier alpha value is -2.44. The van der Waals surface area contributed by atoms with Crippen LogP contribution in [0, 0.1) is 0 Å². The molecular formula is C14H17N3O4. The Labute approximate surface area is 122 Å². The molecule has 1 atom stereocenters. The number of amides is 3. The van der Waals surface area contributed by atoms with Gasteiger partial charge in [0.05, 0.1) is 0 Å². The van der Waals surface area contributed by atoms with E-state index in [1.54, 1.807) is 0 Å². The fourth-order valence-corrected chi connectivity index (χ4v) is 2.66. The Morgan fingerprint density at radius 1 is 1.33 bits per heavy atom. The number of nitrogens with one attached hydrogen (secondary N) is 1. The van der Waals surface area contributed by atoms with E-state index in [2.05, 4.69) is 5.32 Å². The van der Waals surface area contributed by atoms with E-state index in [4.69, 9.17) is 15.2 Å². The average Bonchev–Trinajstić information content (AvgIpc) is 3.12. The fraction of sp³-hybridized carbons (Fsp3) is 0.429. The van der Waals surface area contributed by atoms with Gasteiger partial charge in [0, 0.05) is 13.1 Å². The number of nitrogens with zero attached hydrogens (tertiary/aromatic N) is 1. The molecule has 2 aliphatic rings. The van der Waals surface area contributed by atoms with Gasteiger partial charge in [0.1, 0.15) is 6.04 Å². The van der Waals surface area contributed by atoms with Gasteiger partial charge in [-0.05, 0) is 30.5 Å². The monoisotopic (exact) mass is 291 g/mol. The van der Waals surface area contributed by atoms with Crippen LogP contribution < -0.4 is 20.5 Å². The first kappa shape index (κ1) is 13.5. The molecule has 0 bridgehead atoms. The maximum Gasteiger partial charge on any atom is 0.315 e. The summed E-state index contributed by atoms with van der Waals surface area (Å²) in [4.78, 5) is 24.8. The van der Waals surface area contributed by atoms with Crippen molar-refractivity contribution in [1.82, 2.24) is 10.2 Å². The van der Waals surface area contributed by atoms with Gasteiger partial charge in [-0.3, -0.25) is 4.79 Å². The van der Waals surface area contributed by atoms with Crippen LogP contribution in [0.15, 0.2) is 18.2 Å². The number of nitrogens with two attached hydrogens (primary N) is 1. The van der Waals surface area contributed by atoms with E-state index in [1.807, 2.05) is 18.2 Å². The molecule has 0 spiro atoms. The van der Waals surface area contributed by atoms with Crippen LogP contribution in [0.4, 0.5) is 4.79 Å².